The van der Waals surface area contributed by atoms with Gasteiger partial charge in [-0.1, -0.05) is 32.6 Å². The van der Waals surface area contributed by atoms with E-state index in [0.717, 1.165) is 32.1 Å². The van der Waals surface area contributed by atoms with E-state index in [9.17, 15) is 14.7 Å². The van der Waals surface area contributed by atoms with Crippen molar-refractivity contribution in [3.63, 3.8) is 0 Å². The molecule has 2 N–H and O–H groups in total. The zero-order chi connectivity index (χ0) is 14.5. The van der Waals surface area contributed by atoms with Crippen LogP contribution in [0.1, 0.15) is 72.1 Å². The summed E-state index contributed by atoms with van der Waals surface area (Å²) >= 11 is 0. The second-order valence-corrected chi connectivity index (χ2v) is 6.46. The molecule has 0 spiro atoms. The summed E-state index contributed by atoms with van der Waals surface area (Å²) in [5, 5.41) is 12.5. The van der Waals surface area contributed by atoms with Crippen LogP contribution < -0.4 is 5.32 Å². The van der Waals surface area contributed by atoms with Gasteiger partial charge in [-0.2, -0.15) is 0 Å². The molecule has 0 atom stereocenters. The highest BCUT2D eigenvalue weighted by molar-refractivity contribution is 5.85. The maximum atomic E-state index is 12.1. The minimum atomic E-state index is -0.843. The predicted octanol–water partition coefficient (Wildman–Crippen LogP) is 3.11. The van der Waals surface area contributed by atoms with Crippen molar-refractivity contribution in [1.82, 2.24) is 5.32 Å². The van der Waals surface area contributed by atoms with Crippen molar-refractivity contribution in [2.24, 2.45) is 5.41 Å². The van der Waals surface area contributed by atoms with Gasteiger partial charge in [0.2, 0.25) is 5.91 Å². The molecule has 1 aliphatic carbocycles. The summed E-state index contributed by atoms with van der Waals surface area (Å²) in [6.45, 7) is 5.94. The van der Waals surface area contributed by atoms with E-state index in [-0.39, 0.29) is 17.9 Å². The van der Waals surface area contributed by atoms with Crippen LogP contribution in [0.25, 0.3) is 0 Å². The monoisotopic (exact) mass is 269 g/mol. The Labute approximate surface area is 116 Å². The molecule has 19 heavy (non-hydrogen) atoms. The summed E-state index contributed by atoms with van der Waals surface area (Å²) in [7, 11) is 0. The average Bonchev–Trinajstić information content (AvgIpc) is 2.55. The number of carboxylic acid groups (broad SMARTS) is 1. The van der Waals surface area contributed by atoms with Gasteiger partial charge in [0.05, 0.1) is 5.41 Å². The van der Waals surface area contributed by atoms with Crippen LogP contribution in [0.2, 0.25) is 0 Å². The number of carboxylic acids is 1. The minimum absolute atomic E-state index is 0.117. The molecule has 1 amide bonds. The van der Waals surface area contributed by atoms with E-state index in [1.54, 1.807) is 0 Å². The predicted molar refractivity (Wildman–Crippen MR) is 74.9 cm³/mol. The molecule has 0 saturated heterocycles. The SMILES string of the molecule is CCC(C)(C)NC(=O)CC1(C(=O)O)CCCCCC1. The molecule has 0 aromatic rings. The highest BCUT2D eigenvalue weighted by Gasteiger charge is 2.41. The second-order valence-electron chi connectivity index (χ2n) is 6.46. The molecule has 1 aliphatic rings. The van der Waals surface area contributed by atoms with Crippen molar-refractivity contribution in [3.8, 4) is 0 Å². The van der Waals surface area contributed by atoms with Gasteiger partial charge in [-0.25, -0.2) is 0 Å². The summed E-state index contributed by atoms with van der Waals surface area (Å²) in [4.78, 5) is 23.8. The lowest BCUT2D eigenvalue weighted by molar-refractivity contribution is -0.153. The van der Waals surface area contributed by atoms with E-state index in [0.29, 0.717) is 12.8 Å². The van der Waals surface area contributed by atoms with E-state index in [1.165, 1.54) is 0 Å². The van der Waals surface area contributed by atoms with E-state index in [2.05, 4.69) is 5.32 Å². The van der Waals surface area contributed by atoms with Crippen LogP contribution in [0.3, 0.4) is 0 Å². The van der Waals surface area contributed by atoms with Crippen molar-refractivity contribution in [1.29, 1.82) is 0 Å². The number of amides is 1. The van der Waals surface area contributed by atoms with E-state index in [4.69, 9.17) is 0 Å². The van der Waals surface area contributed by atoms with Crippen LogP contribution >= 0.6 is 0 Å². The zero-order valence-electron chi connectivity index (χ0n) is 12.4. The van der Waals surface area contributed by atoms with Gasteiger partial charge in [-0.15, -0.1) is 0 Å². The standard InChI is InChI=1S/C15H27NO3/c1-4-14(2,3)16-12(17)11-15(13(18)19)9-7-5-6-8-10-15/h4-11H2,1-3H3,(H,16,17)(H,18,19). The largest absolute Gasteiger partial charge is 0.481 e. The summed E-state index contributed by atoms with van der Waals surface area (Å²) in [5.74, 6) is -0.935. The molecule has 0 aliphatic heterocycles. The molecule has 0 aromatic carbocycles. The molecule has 1 saturated carbocycles. The normalized spacial score (nSPS) is 19.5. The van der Waals surface area contributed by atoms with Gasteiger partial charge in [0.25, 0.3) is 0 Å². The third-order valence-electron chi connectivity index (χ3n) is 4.37. The fourth-order valence-electron chi connectivity index (χ4n) is 2.69. The maximum absolute atomic E-state index is 12.1. The first-order valence-corrected chi connectivity index (χ1v) is 7.36. The first-order chi connectivity index (χ1) is 8.81. The van der Waals surface area contributed by atoms with Crippen LogP contribution in [0, 0.1) is 5.41 Å². The topological polar surface area (TPSA) is 66.4 Å². The van der Waals surface area contributed by atoms with Gasteiger partial charge in [0.1, 0.15) is 0 Å². The highest BCUT2D eigenvalue weighted by Crippen LogP contribution is 2.38. The van der Waals surface area contributed by atoms with Crippen molar-refractivity contribution in [3.05, 3.63) is 0 Å². The van der Waals surface area contributed by atoms with E-state index >= 15 is 0 Å². The highest BCUT2D eigenvalue weighted by atomic mass is 16.4. The van der Waals surface area contributed by atoms with Gasteiger partial charge in [-0.3, -0.25) is 9.59 Å². The molecule has 0 unspecified atom stereocenters. The van der Waals surface area contributed by atoms with Gasteiger partial charge >= 0.3 is 5.97 Å². The number of nitrogens with one attached hydrogen (secondary N) is 1. The van der Waals surface area contributed by atoms with Gasteiger partial charge in [-0.05, 0) is 33.1 Å². The Balaban J connectivity index is 2.73. The smallest absolute Gasteiger partial charge is 0.310 e. The Morgan fingerprint density at radius 3 is 2.11 bits per heavy atom. The zero-order valence-corrected chi connectivity index (χ0v) is 12.4. The third kappa shape index (κ3) is 4.51. The number of aliphatic carboxylic acids is 1. The Bertz CT molecular complexity index is 328. The van der Waals surface area contributed by atoms with Crippen molar-refractivity contribution in [2.45, 2.75) is 77.7 Å². The molecule has 0 aromatic heterocycles. The lowest BCUT2D eigenvalue weighted by Crippen LogP contribution is -2.46. The number of rotatable bonds is 5. The quantitative estimate of drug-likeness (QED) is 0.754. The Hall–Kier alpha value is -1.06. The molecule has 1 rings (SSSR count). The van der Waals surface area contributed by atoms with Gasteiger partial charge < -0.3 is 10.4 Å². The molecule has 0 radical (unpaired) electrons. The number of carbonyl (C=O) groups excluding carboxylic acids is 1. The fraction of sp³-hybridized carbons (Fsp3) is 0.867. The Kier molecular flexibility index (Phi) is 5.39. The van der Waals surface area contributed by atoms with Crippen LogP contribution in [0.5, 0.6) is 0 Å². The first kappa shape index (κ1) is 16.0. The van der Waals surface area contributed by atoms with Crippen LogP contribution in [-0.2, 0) is 9.59 Å². The average molecular weight is 269 g/mol. The van der Waals surface area contributed by atoms with Crippen LogP contribution in [0.4, 0.5) is 0 Å². The Morgan fingerprint density at radius 1 is 1.16 bits per heavy atom. The summed E-state index contributed by atoms with van der Waals surface area (Å²) in [6, 6.07) is 0. The van der Waals surface area contributed by atoms with E-state index in [1.807, 2.05) is 20.8 Å². The van der Waals surface area contributed by atoms with Crippen LogP contribution in [0.15, 0.2) is 0 Å². The molecular weight excluding hydrogens is 242 g/mol. The number of hydrogen-bond donors (Lipinski definition) is 2. The summed E-state index contributed by atoms with van der Waals surface area (Å²) in [6.07, 6.45) is 6.19. The lowest BCUT2D eigenvalue weighted by atomic mass is 9.77. The summed E-state index contributed by atoms with van der Waals surface area (Å²) < 4.78 is 0. The van der Waals surface area contributed by atoms with Crippen LogP contribution in [-0.4, -0.2) is 22.5 Å². The first-order valence-electron chi connectivity index (χ1n) is 7.36. The molecule has 1 fully saturated rings. The number of hydrogen-bond acceptors (Lipinski definition) is 2. The molecule has 0 heterocycles. The van der Waals surface area contributed by atoms with Crippen molar-refractivity contribution < 1.29 is 14.7 Å². The maximum Gasteiger partial charge on any atom is 0.310 e. The second kappa shape index (κ2) is 6.40. The van der Waals surface area contributed by atoms with Gasteiger partial charge in [0, 0.05) is 12.0 Å². The molecule has 110 valence electrons. The van der Waals surface area contributed by atoms with Crippen molar-refractivity contribution >= 4 is 11.9 Å². The van der Waals surface area contributed by atoms with Crippen molar-refractivity contribution in [2.75, 3.05) is 0 Å². The Morgan fingerprint density at radius 2 is 1.68 bits per heavy atom. The minimum Gasteiger partial charge on any atom is -0.481 e. The summed E-state index contributed by atoms with van der Waals surface area (Å²) in [5.41, 5.74) is -1.11. The van der Waals surface area contributed by atoms with E-state index < -0.39 is 11.4 Å². The lowest BCUT2D eigenvalue weighted by Gasteiger charge is -2.30. The van der Waals surface area contributed by atoms with Gasteiger partial charge in [0.15, 0.2) is 0 Å². The molecule has 4 nitrogen and oxygen atoms in total. The molecule has 4 heteroatoms. The molecule has 0 bridgehead atoms. The fourth-order valence-corrected chi connectivity index (χ4v) is 2.69. The number of carbonyl (C=O) groups is 2. The third-order valence-corrected chi connectivity index (χ3v) is 4.37. The molecular formula is C15H27NO3.